The molecule has 2 heterocycles. The summed E-state index contributed by atoms with van der Waals surface area (Å²) in [6.45, 7) is 0. The topological polar surface area (TPSA) is 13.1 Å². The van der Waals surface area contributed by atoms with Crippen molar-refractivity contribution < 1.29 is 0 Å². The van der Waals surface area contributed by atoms with Crippen LogP contribution in [0, 0.1) is 11.8 Å². The Balaban J connectivity index is 1.04. The second kappa shape index (κ2) is 15.6. The first-order valence-electron chi connectivity index (χ1n) is 24.1. The summed E-state index contributed by atoms with van der Waals surface area (Å²) >= 11 is 0. The molecule has 0 saturated heterocycles. The Labute approximate surface area is 401 Å². The smallest absolute Gasteiger partial charge is 0.0973 e. The molecule has 14 rings (SSSR count). The lowest BCUT2D eigenvalue weighted by Gasteiger charge is -2.35. The van der Waals surface area contributed by atoms with Crippen LogP contribution in [0.2, 0.25) is 0 Å². The van der Waals surface area contributed by atoms with Gasteiger partial charge in [-0.25, -0.2) is 0 Å². The molecule has 0 saturated carbocycles. The Kier molecular flexibility index (Phi) is 8.91. The Morgan fingerprint density at radius 1 is 0.522 bits per heavy atom. The number of anilines is 2. The molecule has 0 spiro atoms. The lowest BCUT2D eigenvalue weighted by molar-refractivity contribution is 0.762. The zero-order valence-electron chi connectivity index (χ0n) is 38.0. The van der Waals surface area contributed by atoms with E-state index in [0.29, 0.717) is 6.42 Å². The number of aromatic nitrogens is 2. The number of hydrogen-bond donors (Lipinski definition) is 0. The number of allylic oxidation sites excluding steroid dienone is 8. The van der Waals surface area contributed by atoms with Crippen molar-refractivity contribution in [3.8, 4) is 28.7 Å². The maximum Gasteiger partial charge on any atom is 0.0973 e. The van der Waals surface area contributed by atoms with Crippen LogP contribution in [0.1, 0.15) is 36.0 Å². The van der Waals surface area contributed by atoms with Crippen molar-refractivity contribution in [3.63, 3.8) is 0 Å². The highest BCUT2D eigenvalue weighted by Crippen LogP contribution is 2.57. The third kappa shape index (κ3) is 5.83. The van der Waals surface area contributed by atoms with E-state index >= 15 is 0 Å². The number of rotatable bonds is 7. The van der Waals surface area contributed by atoms with E-state index in [4.69, 9.17) is 0 Å². The monoisotopic (exact) mass is 879 g/mol. The van der Waals surface area contributed by atoms with Gasteiger partial charge >= 0.3 is 0 Å². The maximum absolute atomic E-state index is 3.77. The zero-order valence-corrected chi connectivity index (χ0v) is 38.0. The molecule has 3 aliphatic carbocycles. The fourth-order valence-corrected chi connectivity index (χ4v) is 12.1. The SMILES string of the molecule is C1#CC(N(c2ccccc2)c2cccc3c4cc(-n5c6ccccc6c6ccc7ccccc7c65)ccc4n(C4=CC=CCC4)c23)=CC(C2(c3ccccc3)c3ccccc3-c3ccccc32)=CC1. The standard InChI is InChI=1S/C66H45N3/c1-4-22-46(23-5-1)66(59-35-17-14-31-53(59)54-32-15-18-36-60(54)66)47-24-11-12-29-50(43-47)67(48-25-6-2-7-26-48)63-38-20-34-56-58-44-51(40-42-62(58)68(65(56)63)49-27-8-3-9-28-49)69-61-37-19-16-33-55(61)57-41-39-45-21-10-13-30-52(45)64(57)69/h1-8,10,13-27,30-44H,9,11,28H2. The second-order valence-electron chi connectivity index (χ2n) is 18.4. The fourth-order valence-electron chi connectivity index (χ4n) is 12.1. The first-order chi connectivity index (χ1) is 34.3. The molecule has 0 bridgehead atoms. The van der Waals surface area contributed by atoms with E-state index in [0.717, 1.165) is 41.1 Å². The van der Waals surface area contributed by atoms with Crippen molar-refractivity contribution in [2.24, 2.45) is 0 Å². The number of benzene rings is 9. The number of hydrogen-bond acceptors (Lipinski definition) is 1. The summed E-state index contributed by atoms with van der Waals surface area (Å²) in [5.74, 6) is 7.41. The van der Waals surface area contributed by atoms with Crippen molar-refractivity contribution in [2.75, 3.05) is 4.90 Å². The Morgan fingerprint density at radius 2 is 1.20 bits per heavy atom. The Bertz CT molecular complexity index is 4060. The van der Waals surface area contributed by atoms with Crippen LogP contribution in [-0.2, 0) is 5.41 Å². The quantitative estimate of drug-likeness (QED) is 0.145. The van der Waals surface area contributed by atoms with Crippen molar-refractivity contribution in [2.45, 2.75) is 24.7 Å². The molecule has 2 aromatic heterocycles. The van der Waals surface area contributed by atoms with E-state index in [1.54, 1.807) is 0 Å². The lowest BCUT2D eigenvalue weighted by Crippen LogP contribution is -2.29. The summed E-state index contributed by atoms with van der Waals surface area (Å²) < 4.78 is 5.03. The molecule has 3 aliphatic rings. The minimum Gasteiger partial charge on any atom is -0.311 e. The predicted octanol–water partition coefficient (Wildman–Crippen LogP) is 16.6. The van der Waals surface area contributed by atoms with Crippen molar-refractivity contribution >= 4 is 71.5 Å². The van der Waals surface area contributed by atoms with E-state index in [1.165, 1.54) is 88.0 Å². The molecule has 9 aromatic carbocycles. The van der Waals surface area contributed by atoms with Crippen LogP contribution in [0.3, 0.4) is 0 Å². The molecule has 0 aliphatic heterocycles. The molecule has 0 radical (unpaired) electrons. The van der Waals surface area contributed by atoms with Crippen molar-refractivity contribution in [3.05, 3.63) is 265 Å². The summed E-state index contributed by atoms with van der Waals surface area (Å²) in [4.78, 5) is 2.43. The summed E-state index contributed by atoms with van der Waals surface area (Å²) in [5, 5.41) is 7.41. The molecule has 3 nitrogen and oxygen atoms in total. The highest BCUT2D eigenvalue weighted by Gasteiger charge is 2.47. The van der Waals surface area contributed by atoms with Crippen LogP contribution in [0.4, 0.5) is 11.4 Å². The lowest BCUT2D eigenvalue weighted by atomic mass is 9.67. The molecule has 0 atom stereocenters. The molecule has 0 unspecified atom stereocenters. The number of fused-ring (bicyclic) bond motifs is 11. The molecule has 0 fully saturated rings. The van der Waals surface area contributed by atoms with Crippen molar-refractivity contribution in [1.82, 2.24) is 9.13 Å². The van der Waals surface area contributed by atoms with Crippen LogP contribution in [0.5, 0.6) is 0 Å². The van der Waals surface area contributed by atoms with Crippen LogP contribution in [0.25, 0.3) is 76.9 Å². The summed E-state index contributed by atoms with van der Waals surface area (Å²) in [7, 11) is 0. The van der Waals surface area contributed by atoms with Crippen LogP contribution in [0.15, 0.2) is 248 Å². The molecule has 3 heteroatoms. The van der Waals surface area contributed by atoms with Gasteiger partial charge in [-0.2, -0.15) is 0 Å². The number of nitrogens with zero attached hydrogens (tertiary/aromatic N) is 3. The van der Waals surface area contributed by atoms with Gasteiger partial charge in [0, 0.05) is 50.4 Å². The van der Waals surface area contributed by atoms with Gasteiger partial charge in [0.15, 0.2) is 0 Å². The van der Waals surface area contributed by atoms with Gasteiger partial charge in [0.25, 0.3) is 0 Å². The van der Waals surface area contributed by atoms with E-state index < -0.39 is 5.41 Å². The first kappa shape index (κ1) is 39.3. The fraction of sp³-hybridized carbons (Fsp3) is 0.0606. The second-order valence-corrected chi connectivity index (χ2v) is 18.4. The third-order valence-corrected chi connectivity index (χ3v) is 14.9. The normalized spacial score (nSPS) is 14.8. The first-order valence-corrected chi connectivity index (χ1v) is 24.1. The Hall–Kier alpha value is -8.84. The predicted molar refractivity (Wildman–Crippen MR) is 289 cm³/mol. The van der Waals surface area contributed by atoms with Crippen LogP contribution >= 0.6 is 0 Å². The van der Waals surface area contributed by atoms with Gasteiger partial charge in [0.1, 0.15) is 0 Å². The van der Waals surface area contributed by atoms with Crippen molar-refractivity contribution in [1.29, 1.82) is 0 Å². The van der Waals surface area contributed by atoms with Gasteiger partial charge in [0.05, 0.1) is 38.9 Å². The summed E-state index contributed by atoms with van der Waals surface area (Å²) in [6.07, 6.45) is 14.1. The summed E-state index contributed by atoms with van der Waals surface area (Å²) in [6, 6.07) is 76.1. The molecule has 69 heavy (non-hydrogen) atoms. The molecule has 324 valence electrons. The maximum atomic E-state index is 3.77. The molecular formula is C66H45N3. The van der Waals surface area contributed by atoms with Crippen LogP contribution < -0.4 is 4.90 Å². The van der Waals surface area contributed by atoms with Gasteiger partial charge in [0.2, 0.25) is 0 Å². The molecule has 11 aromatic rings. The number of para-hydroxylation sites is 3. The molecular weight excluding hydrogens is 835 g/mol. The van der Waals surface area contributed by atoms with Gasteiger partial charge in [-0.1, -0.05) is 188 Å². The zero-order chi connectivity index (χ0) is 45.5. The minimum atomic E-state index is -0.565. The molecule has 0 amide bonds. The molecule has 0 N–H and O–H groups in total. The minimum absolute atomic E-state index is 0.565. The third-order valence-electron chi connectivity index (χ3n) is 14.9. The van der Waals surface area contributed by atoms with Gasteiger partial charge in [-0.05, 0) is 112 Å². The summed E-state index contributed by atoms with van der Waals surface area (Å²) in [5.41, 5.74) is 17.3. The highest BCUT2D eigenvalue weighted by atomic mass is 15.2. The van der Waals surface area contributed by atoms with E-state index in [1.807, 2.05) is 0 Å². The van der Waals surface area contributed by atoms with E-state index in [2.05, 4.69) is 263 Å². The van der Waals surface area contributed by atoms with Crippen LogP contribution in [-0.4, -0.2) is 9.13 Å². The van der Waals surface area contributed by atoms with E-state index in [-0.39, 0.29) is 0 Å². The highest BCUT2D eigenvalue weighted by molar-refractivity contribution is 6.20. The van der Waals surface area contributed by atoms with Gasteiger partial charge in [-0.15, -0.1) is 0 Å². The average molecular weight is 880 g/mol. The largest absolute Gasteiger partial charge is 0.311 e. The average Bonchev–Trinajstić information content (AvgIpc) is 3.96. The van der Waals surface area contributed by atoms with Gasteiger partial charge in [-0.3, -0.25) is 0 Å². The van der Waals surface area contributed by atoms with E-state index in [9.17, 15) is 0 Å². The van der Waals surface area contributed by atoms with Gasteiger partial charge < -0.3 is 14.0 Å². The Morgan fingerprint density at radius 3 is 2.00 bits per heavy atom.